The first-order chi connectivity index (χ1) is 14.8. The molecule has 0 bridgehead atoms. The molecule has 1 amide bonds. The van der Waals surface area contributed by atoms with Crippen LogP contribution >= 0.6 is 23.8 Å². The fourth-order valence-corrected chi connectivity index (χ4v) is 3.58. The van der Waals surface area contributed by atoms with Crippen molar-refractivity contribution in [2.75, 3.05) is 5.32 Å². The molecule has 2 N–H and O–H groups in total. The molecule has 0 saturated heterocycles. The molecule has 2 aromatic carbocycles. The molecule has 158 valence electrons. The van der Waals surface area contributed by atoms with Crippen LogP contribution in [-0.4, -0.2) is 30.5 Å². The van der Waals surface area contributed by atoms with Gasteiger partial charge in [0, 0.05) is 22.0 Å². The number of H-pyrrole nitrogens is 1. The van der Waals surface area contributed by atoms with Gasteiger partial charge in [0.2, 0.25) is 5.91 Å². The Morgan fingerprint density at radius 3 is 2.58 bits per heavy atom. The SMILES string of the molecule is Cc1cc(C)n(-c2ccc(NC(=O)Cn3c(-c4ccc(Cl)cc4)n[nH]c3=S)cc2F)n1. The van der Waals surface area contributed by atoms with Crippen LogP contribution in [0.3, 0.4) is 0 Å². The minimum Gasteiger partial charge on any atom is -0.324 e. The average molecular weight is 457 g/mol. The number of carbonyl (C=O) groups excluding carboxylic acids is 1. The normalized spacial score (nSPS) is 11.0. The van der Waals surface area contributed by atoms with E-state index in [4.69, 9.17) is 23.8 Å². The highest BCUT2D eigenvalue weighted by molar-refractivity contribution is 7.71. The van der Waals surface area contributed by atoms with E-state index in [1.165, 1.54) is 10.7 Å². The smallest absolute Gasteiger partial charge is 0.244 e. The molecule has 0 aliphatic rings. The number of aromatic amines is 1. The predicted molar refractivity (Wildman–Crippen MR) is 119 cm³/mol. The third kappa shape index (κ3) is 4.42. The lowest BCUT2D eigenvalue weighted by molar-refractivity contribution is -0.116. The van der Waals surface area contributed by atoms with Gasteiger partial charge in [-0.15, -0.1) is 0 Å². The molecule has 10 heteroatoms. The molecule has 31 heavy (non-hydrogen) atoms. The third-order valence-corrected chi connectivity index (χ3v) is 5.20. The average Bonchev–Trinajstić information content (AvgIpc) is 3.24. The zero-order valence-electron chi connectivity index (χ0n) is 16.7. The van der Waals surface area contributed by atoms with Crippen LogP contribution in [0.15, 0.2) is 48.5 Å². The van der Waals surface area contributed by atoms with E-state index in [0.29, 0.717) is 27.0 Å². The molecule has 7 nitrogen and oxygen atoms in total. The highest BCUT2D eigenvalue weighted by Crippen LogP contribution is 2.22. The molecule has 0 aliphatic heterocycles. The number of hydrogen-bond acceptors (Lipinski definition) is 4. The van der Waals surface area contributed by atoms with Crippen molar-refractivity contribution < 1.29 is 9.18 Å². The van der Waals surface area contributed by atoms with Crippen molar-refractivity contribution in [2.45, 2.75) is 20.4 Å². The van der Waals surface area contributed by atoms with Gasteiger partial charge in [-0.2, -0.15) is 10.2 Å². The van der Waals surface area contributed by atoms with Crippen LogP contribution in [-0.2, 0) is 11.3 Å². The highest BCUT2D eigenvalue weighted by Gasteiger charge is 2.14. The molecule has 4 aromatic rings. The number of benzene rings is 2. The van der Waals surface area contributed by atoms with E-state index >= 15 is 0 Å². The lowest BCUT2D eigenvalue weighted by Crippen LogP contribution is -2.19. The van der Waals surface area contributed by atoms with E-state index in [1.807, 2.05) is 19.9 Å². The van der Waals surface area contributed by atoms with Gasteiger partial charge < -0.3 is 5.32 Å². The number of aromatic nitrogens is 5. The standard InChI is InChI=1S/C21H18ClFN6OS/c1-12-9-13(2)29(27-12)18-8-7-16(10-17(18)23)24-19(30)11-28-20(25-26-21(28)31)14-3-5-15(22)6-4-14/h3-10H,11H2,1-2H3,(H,24,30)(H,26,31). The van der Waals surface area contributed by atoms with Crippen molar-refractivity contribution in [3.8, 4) is 17.1 Å². The lowest BCUT2D eigenvalue weighted by Gasteiger charge is -2.11. The molecule has 0 spiro atoms. The first-order valence-corrected chi connectivity index (χ1v) is 10.1. The molecule has 0 aliphatic carbocycles. The van der Waals surface area contributed by atoms with Gasteiger partial charge in [0.25, 0.3) is 0 Å². The highest BCUT2D eigenvalue weighted by atomic mass is 35.5. The first-order valence-electron chi connectivity index (χ1n) is 9.36. The van der Waals surface area contributed by atoms with E-state index in [0.717, 1.165) is 17.0 Å². The second-order valence-electron chi connectivity index (χ2n) is 7.00. The van der Waals surface area contributed by atoms with E-state index in [1.54, 1.807) is 41.0 Å². The van der Waals surface area contributed by atoms with Gasteiger partial charge >= 0.3 is 0 Å². The minimum absolute atomic E-state index is 0.0892. The van der Waals surface area contributed by atoms with Crippen molar-refractivity contribution in [2.24, 2.45) is 0 Å². The summed E-state index contributed by atoms with van der Waals surface area (Å²) in [6.45, 7) is 3.60. The minimum atomic E-state index is -0.495. The van der Waals surface area contributed by atoms with Gasteiger partial charge in [-0.25, -0.2) is 9.07 Å². The number of anilines is 1. The van der Waals surface area contributed by atoms with Crippen molar-refractivity contribution in [3.05, 3.63) is 75.5 Å². The zero-order chi connectivity index (χ0) is 22.1. The Bertz CT molecular complexity index is 1320. The van der Waals surface area contributed by atoms with Gasteiger partial charge in [0.05, 0.1) is 5.69 Å². The van der Waals surface area contributed by atoms with E-state index in [9.17, 15) is 9.18 Å². The second-order valence-corrected chi connectivity index (χ2v) is 7.82. The summed E-state index contributed by atoms with van der Waals surface area (Å²) in [7, 11) is 0. The topological polar surface area (TPSA) is 80.5 Å². The molecule has 0 unspecified atom stereocenters. The summed E-state index contributed by atoms with van der Waals surface area (Å²) in [6.07, 6.45) is 0. The second kappa shape index (κ2) is 8.44. The Balaban J connectivity index is 1.53. The molecule has 2 heterocycles. The van der Waals surface area contributed by atoms with Crippen LogP contribution in [0.4, 0.5) is 10.1 Å². The lowest BCUT2D eigenvalue weighted by atomic mass is 10.2. The number of nitrogens with zero attached hydrogens (tertiary/aromatic N) is 4. The molecule has 0 atom stereocenters. The Morgan fingerprint density at radius 2 is 1.94 bits per heavy atom. The molecule has 4 rings (SSSR count). The van der Waals surface area contributed by atoms with E-state index in [-0.39, 0.29) is 12.5 Å². The summed E-state index contributed by atoms with van der Waals surface area (Å²) >= 11 is 11.2. The molecular weight excluding hydrogens is 439 g/mol. The monoisotopic (exact) mass is 456 g/mol. The Hall–Kier alpha value is -3.30. The number of carbonyl (C=O) groups is 1. The third-order valence-electron chi connectivity index (χ3n) is 4.63. The van der Waals surface area contributed by atoms with Crippen LogP contribution in [0.1, 0.15) is 11.4 Å². The number of aryl methyl sites for hydroxylation is 2. The summed E-state index contributed by atoms with van der Waals surface area (Å²) in [4.78, 5) is 12.6. The van der Waals surface area contributed by atoms with Crippen molar-refractivity contribution in [1.29, 1.82) is 0 Å². The summed E-state index contributed by atoms with van der Waals surface area (Å²) in [5.74, 6) is -0.361. The van der Waals surface area contributed by atoms with Crippen LogP contribution in [0.25, 0.3) is 17.1 Å². The number of halogens is 2. The number of amides is 1. The summed E-state index contributed by atoms with van der Waals surface area (Å²) < 4.78 is 18.1. The number of nitrogens with one attached hydrogen (secondary N) is 2. The summed E-state index contributed by atoms with van der Waals surface area (Å²) in [6, 6.07) is 13.4. The molecule has 0 fully saturated rings. The van der Waals surface area contributed by atoms with Crippen LogP contribution in [0, 0.1) is 24.4 Å². The Morgan fingerprint density at radius 1 is 1.19 bits per heavy atom. The predicted octanol–water partition coefficient (Wildman–Crippen LogP) is 4.84. The van der Waals surface area contributed by atoms with Crippen LogP contribution in [0.2, 0.25) is 5.02 Å². The summed E-state index contributed by atoms with van der Waals surface area (Å²) in [5.41, 5.74) is 3.01. The molecule has 0 saturated carbocycles. The maximum Gasteiger partial charge on any atom is 0.244 e. The van der Waals surface area contributed by atoms with Gasteiger partial charge in [-0.1, -0.05) is 11.6 Å². The fourth-order valence-electron chi connectivity index (χ4n) is 3.26. The maximum absolute atomic E-state index is 14.7. The van der Waals surface area contributed by atoms with Crippen molar-refractivity contribution >= 4 is 35.4 Å². The van der Waals surface area contributed by atoms with Gasteiger partial charge in [-0.05, 0) is 74.6 Å². The zero-order valence-corrected chi connectivity index (χ0v) is 18.3. The molecule has 0 radical (unpaired) electrons. The largest absolute Gasteiger partial charge is 0.324 e. The van der Waals surface area contributed by atoms with Crippen LogP contribution in [0.5, 0.6) is 0 Å². The first kappa shape index (κ1) is 21.0. The molecular formula is C21H18ClFN6OS. The van der Waals surface area contributed by atoms with E-state index in [2.05, 4.69) is 20.6 Å². The van der Waals surface area contributed by atoms with Crippen molar-refractivity contribution in [3.63, 3.8) is 0 Å². The van der Waals surface area contributed by atoms with Gasteiger partial charge in [-0.3, -0.25) is 14.5 Å². The van der Waals surface area contributed by atoms with Gasteiger partial charge in [0.15, 0.2) is 16.4 Å². The van der Waals surface area contributed by atoms with Crippen LogP contribution < -0.4 is 5.32 Å². The summed E-state index contributed by atoms with van der Waals surface area (Å²) in [5, 5.41) is 14.5. The number of hydrogen-bond donors (Lipinski definition) is 2. The quantitative estimate of drug-likeness (QED) is 0.421. The van der Waals surface area contributed by atoms with Crippen molar-refractivity contribution in [1.82, 2.24) is 24.5 Å². The number of rotatable bonds is 5. The van der Waals surface area contributed by atoms with Gasteiger partial charge in [0.1, 0.15) is 12.2 Å². The Labute approximate surface area is 187 Å². The molecule has 2 aromatic heterocycles. The maximum atomic E-state index is 14.7. The fraction of sp³-hybridized carbons (Fsp3) is 0.143. The Kier molecular flexibility index (Phi) is 5.71. The van der Waals surface area contributed by atoms with E-state index < -0.39 is 5.82 Å².